The lowest BCUT2D eigenvalue weighted by molar-refractivity contribution is -0.125. The average Bonchev–Trinajstić information content (AvgIpc) is 2.47. The van der Waals surface area contributed by atoms with Crippen LogP contribution in [0.15, 0.2) is 24.3 Å². The number of ether oxygens (including phenoxy) is 1. The summed E-state index contributed by atoms with van der Waals surface area (Å²) in [6.07, 6.45) is 4.37. The van der Waals surface area contributed by atoms with Gasteiger partial charge in [0.1, 0.15) is 5.82 Å². The van der Waals surface area contributed by atoms with Crippen molar-refractivity contribution in [1.82, 2.24) is 5.32 Å². The first kappa shape index (κ1) is 15.5. The van der Waals surface area contributed by atoms with Crippen molar-refractivity contribution in [2.75, 3.05) is 6.61 Å². The summed E-state index contributed by atoms with van der Waals surface area (Å²) < 4.78 is 17.9. The first-order valence-corrected chi connectivity index (χ1v) is 7.28. The molecule has 0 aliphatic heterocycles. The van der Waals surface area contributed by atoms with Gasteiger partial charge in [-0.15, -0.1) is 0 Å². The van der Waals surface area contributed by atoms with Crippen molar-refractivity contribution in [1.29, 1.82) is 0 Å². The second-order valence-corrected chi connectivity index (χ2v) is 5.52. The Morgan fingerprint density at radius 1 is 1.33 bits per heavy atom. The Morgan fingerprint density at radius 2 is 2.10 bits per heavy atom. The van der Waals surface area contributed by atoms with Crippen LogP contribution in [0.3, 0.4) is 0 Å². The normalized spacial score (nSPS) is 21.6. The smallest absolute Gasteiger partial charge is 0.338 e. The number of carbonyl (C=O) groups is 2. The van der Waals surface area contributed by atoms with Gasteiger partial charge < -0.3 is 10.1 Å². The standard InChI is InChI=1S/C16H20FNO3/c1-11-5-2-3-8-14(11)18-15(19)10-21-16(20)12-6-4-7-13(17)9-12/h4,6-7,9,11,14H,2-3,5,8,10H2,1H3,(H,18,19)/t11-,14-/m1/s1. The minimum Gasteiger partial charge on any atom is -0.452 e. The van der Waals surface area contributed by atoms with Crippen LogP contribution >= 0.6 is 0 Å². The number of halogens is 1. The highest BCUT2D eigenvalue weighted by atomic mass is 19.1. The molecule has 0 spiro atoms. The Labute approximate surface area is 123 Å². The summed E-state index contributed by atoms with van der Waals surface area (Å²) >= 11 is 0. The van der Waals surface area contributed by atoms with E-state index in [4.69, 9.17) is 4.74 Å². The van der Waals surface area contributed by atoms with Crippen molar-refractivity contribution >= 4 is 11.9 Å². The van der Waals surface area contributed by atoms with E-state index in [-0.39, 0.29) is 24.1 Å². The number of esters is 1. The SMILES string of the molecule is C[C@@H]1CCCC[C@H]1NC(=O)COC(=O)c1cccc(F)c1. The fraction of sp³-hybridized carbons (Fsp3) is 0.500. The zero-order chi connectivity index (χ0) is 15.2. The van der Waals surface area contributed by atoms with Crippen LogP contribution in [-0.2, 0) is 9.53 Å². The molecule has 0 aromatic heterocycles. The van der Waals surface area contributed by atoms with Gasteiger partial charge in [0.15, 0.2) is 6.61 Å². The van der Waals surface area contributed by atoms with Gasteiger partial charge in [-0.3, -0.25) is 4.79 Å². The molecule has 1 aliphatic rings. The van der Waals surface area contributed by atoms with Crippen LogP contribution in [0.4, 0.5) is 4.39 Å². The Balaban J connectivity index is 1.79. The molecule has 1 aliphatic carbocycles. The van der Waals surface area contributed by atoms with E-state index >= 15 is 0 Å². The molecule has 1 aromatic carbocycles. The third-order valence-electron chi connectivity index (χ3n) is 3.85. The van der Waals surface area contributed by atoms with Crippen molar-refractivity contribution in [2.45, 2.75) is 38.6 Å². The van der Waals surface area contributed by atoms with Gasteiger partial charge in [0, 0.05) is 6.04 Å². The van der Waals surface area contributed by atoms with Crippen LogP contribution < -0.4 is 5.32 Å². The maximum Gasteiger partial charge on any atom is 0.338 e. The number of nitrogens with one attached hydrogen (secondary N) is 1. The minimum absolute atomic E-state index is 0.105. The van der Waals surface area contributed by atoms with Crippen LogP contribution in [0.25, 0.3) is 0 Å². The Hall–Kier alpha value is -1.91. The summed E-state index contributed by atoms with van der Waals surface area (Å²) in [7, 11) is 0. The highest BCUT2D eigenvalue weighted by molar-refractivity contribution is 5.91. The van der Waals surface area contributed by atoms with Gasteiger partial charge in [-0.25, -0.2) is 9.18 Å². The van der Waals surface area contributed by atoms with Gasteiger partial charge in [0.05, 0.1) is 5.56 Å². The second-order valence-electron chi connectivity index (χ2n) is 5.52. The summed E-state index contributed by atoms with van der Waals surface area (Å²) in [5.41, 5.74) is 0.105. The van der Waals surface area contributed by atoms with Crippen molar-refractivity contribution in [2.24, 2.45) is 5.92 Å². The lowest BCUT2D eigenvalue weighted by Gasteiger charge is -2.29. The number of benzene rings is 1. The Morgan fingerprint density at radius 3 is 2.81 bits per heavy atom. The van der Waals surface area contributed by atoms with E-state index < -0.39 is 11.8 Å². The third kappa shape index (κ3) is 4.55. The van der Waals surface area contributed by atoms with Gasteiger partial charge in [-0.1, -0.05) is 25.8 Å². The zero-order valence-electron chi connectivity index (χ0n) is 12.1. The number of hydrogen-bond donors (Lipinski definition) is 1. The highest BCUT2D eigenvalue weighted by Crippen LogP contribution is 2.23. The molecular formula is C16H20FNO3. The first-order valence-electron chi connectivity index (χ1n) is 7.28. The predicted molar refractivity (Wildman–Crippen MR) is 76.2 cm³/mol. The maximum absolute atomic E-state index is 13.0. The van der Waals surface area contributed by atoms with Crippen molar-refractivity contribution in [3.63, 3.8) is 0 Å². The average molecular weight is 293 g/mol. The monoisotopic (exact) mass is 293 g/mol. The molecule has 0 bridgehead atoms. The Bertz CT molecular complexity index is 518. The van der Waals surface area contributed by atoms with Gasteiger partial charge in [-0.2, -0.15) is 0 Å². The molecule has 4 nitrogen and oxygen atoms in total. The molecule has 0 radical (unpaired) electrons. The number of amides is 1. The molecule has 0 saturated heterocycles. The van der Waals surface area contributed by atoms with Gasteiger partial charge in [-0.05, 0) is 37.0 Å². The van der Waals surface area contributed by atoms with E-state index in [0.29, 0.717) is 5.92 Å². The Kier molecular flexibility index (Phi) is 5.31. The van der Waals surface area contributed by atoms with Crippen LogP contribution in [0.5, 0.6) is 0 Å². The van der Waals surface area contributed by atoms with E-state index in [1.54, 1.807) is 0 Å². The van der Waals surface area contributed by atoms with E-state index in [1.807, 2.05) is 0 Å². The summed E-state index contributed by atoms with van der Waals surface area (Å²) in [5.74, 6) is -1.06. The lowest BCUT2D eigenvalue weighted by atomic mass is 9.86. The molecule has 1 amide bonds. The van der Waals surface area contributed by atoms with E-state index in [9.17, 15) is 14.0 Å². The minimum atomic E-state index is -0.693. The first-order chi connectivity index (χ1) is 10.1. The molecular weight excluding hydrogens is 273 g/mol. The summed E-state index contributed by atoms with van der Waals surface area (Å²) in [5, 5.41) is 2.90. The number of carbonyl (C=O) groups excluding carboxylic acids is 2. The largest absolute Gasteiger partial charge is 0.452 e. The quantitative estimate of drug-likeness (QED) is 0.868. The number of rotatable bonds is 4. The molecule has 21 heavy (non-hydrogen) atoms. The highest BCUT2D eigenvalue weighted by Gasteiger charge is 2.23. The van der Waals surface area contributed by atoms with E-state index in [1.165, 1.54) is 24.6 Å². The predicted octanol–water partition coefficient (Wildman–Crippen LogP) is 2.68. The summed E-state index contributed by atoms with van der Waals surface area (Å²) in [6, 6.07) is 5.36. The molecule has 0 unspecified atom stereocenters. The van der Waals surface area contributed by atoms with Crippen molar-refractivity contribution in [3.8, 4) is 0 Å². The van der Waals surface area contributed by atoms with Crippen molar-refractivity contribution < 1.29 is 18.7 Å². The molecule has 1 fully saturated rings. The molecule has 2 atom stereocenters. The molecule has 1 aromatic rings. The van der Waals surface area contributed by atoms with Crippen LogP contribution in [0, 0.1) is 11.7 Å². The molecule has 0 heterocycles. The van der Waals surface area contributed by atoms with Gasteiger partial charge in [0.25, 0.3) is 5.91 Å². The van der Waals surface area contributed by atoms with E-state index in [0.717, 1.165) is 25.3 Å². The third-order valence-corrected chi connectivity index (χ3v) is 3.85. The van der Waals surface area contributed by atoms with E-state index in [2.05, 4.69) is 12.2 Å². The summed E-state index contributed by atoms with van der Waals surface area (Å²) in [4.78, 5) is 23.5. The lowest BCUT2D eigenvalue weighted by Crippen LogP contribution is -2.42. The number of hydrogen-bond acceptors (Lipinski definition) is 3. The fourth-order valence-electron chi connectivity index (χ4n) is 2.61. The van der Waals surface area contributed by atoms with Gasteiger partial charge in [0.2, 0.25) is 0 Å². The molecule has 114 valence electrons. The molecule has 1 N–H and O–H groups in total. The maximum atomic E-state index is 13.0. The fourth-order valence-corrected chi connectivity index (χ4v) is 2.61. The molecule has 1 saturated carbocycles. The second kappa shape index (κ2) is 7.20. The topological polar surface area (TPSA) is 55.4 Å². The molecule has 5 heteroatoms. The zero-order valence-corrected chi connectivity index (χ0v) is 12.1. The van der Waals surface area contributed by atoms with Crippen LogP contribution in [-0.4, -0.2) is 24.5 Å². The van der Waals surface area contributed by atoms with Crippen LogP contribution in [0.2, 0.25) is 0 Å². The van der Waals surface area contributed by atoms with Crippen molar-refractivity contribution in [3.05, 3.63) is 35.6 Å². The van der Waals surface area contributed by atoms with Crippen LogP contribution in [0.1, 0.15) is 43.0 Å². The molecule has 2 rings (SSSR count). The summed E-state index contributed by atoms with van der Waals surface area (Å²) in [6.45, 7) is 1.78. The van der Waals surface area contributed by atoms with Gasteiger partial charge >= 0.3 is 5.97 Å².